The number of benzene rings is 1. The van der Waals surface area contributed by atoms with Crippen LogP contribution in [-0.2, 0) is 0 Å². The van der Waals surface area contributed by atoms with Gasteiger partial charge in [-0.15, -0.1) is 11.6 Å². The molecule has 0 heterocycles. The molecule has 0 aliphatic heterocycles. The molecule has 0 aliphatic carbocycles. The van der Waals surface area contributed by atoms with Crippen LogP contribution in [0.15, 0.2) is 30.3 Å². The average molecular weight is 204 g/mol. The molecule has 0 saturated carbocycles. The molecular formula is C9H11Cl2N. The monoisotopic (exact) mass is 203 g/mol. The lowest BCUT2D eigenvalue weighted by molar-refractivity contribution is 0.660. The van der Waals surface area contributed by atoms with E-state index in [0.717, 1.165) is 5.56 Å². The third-order valence-corrected chi connectivity index (χ3v) is 2.70. The van der Waals surface area contributed by atoms with Crippen molar-refractivity contribution < 1.29 is 0 Å². The van der Waals surface area contributed by atoms with Gasteiger partial charge in [0.2, 0.25) is 0 Å². The van der Waals surface area contributed by atoms with E-state index in [1.54, 1.807) is 0 Å². The van der Waals surface area contributed by atoms with E-state index in [9.17, 15) is 0 Å². The van der Waals surface area contributed by atoms with Gasteiger partial charge in [0, 0.05) is 6.04 Å². The Bertz CT molecular complexity index is 225. The molecule has 2 atom stereocenters. The van der Waals surface area contributed by atoms with Gasteiger partial charge in [0.05, 0.1) is 5.38 Å². The molecule has 12 heavy (non-hydrogen) atoms. The van der Waals surface area contributed by atoms with Crippen LogP contribution in [0.1, 0.15) is 17.9 Å². The van der Waals surface area contributed by atoms with Gasteiger partial charge < -0.3 is 0 Å². The molecule has 0 bridgehead atoms. The molecule has 3 heteroatoms. The summed E-state index contributed by atoms with van der Waals surface area (Å²) in [4.78, 5) is 2.60. The molecule has 1 aromatic carbocycles. The molecule has 0 amide bonds. The first-order valence-electron chi connectivity index (χ1n) is 3.81. The first-order chi connectivity index (χ1) is 5.75. The Labute approximate surface area is 82.8 Å². The van der Waals surface area contributed by atoms with Crippen LogP contribution in [0.5, 0.6) is 0 Å². The van der Waals surface area contributed by atoms with Crippen LogP contribution in [0.2, 0.25) is 0 Å². The van der Waals surface area contributed by atoms with E-state index in [1.807, 2.05) is 37.3 Å². The van der Waals surface area contributed by atoms with E-state index in [1.165, 1.54) is 0 Å². The second-order valence-electron chi connectivity index (χ2n) is 2.71. The minimum Gasteiger partial charge on any atom is -0.229 e. The zero-order valence-corrected chi connectivity index (χ0v) is 8.31. The van der Waals surface area contributed by atoms with Crippen molar-refractivity contribution in [2.24, 2.45) is 0 Å². The standard InChI is InChI=1S/C9H11Cl2N/c1-7(12-11)9(10)8-5-3-2-4-6-8/h2-7,9,12H,1H3. The summed E-state index contributed by atoms with van der Waals surface area (Å²) in [6, 6.07) is 9.93. The van der Waals surface area contributed by atoms with E-state index in [4.69, 9.17) is 23.4 Å². The van der Waals surface area contributed by atoms with Crippen molar-refractivity contribution in [3.63, 3.8) is 0 Å². The average Bonchev–Trinajstić information content (AvgIpc) is 2.17. The highest BCUT2D eigenvalue weighted by Crippen LogP contribution is 2.23. The van der Waals surface area contributed by atoms with E-state index >= 15 is 0 Å². The Hall–Kier alpha value is -0.240. The molecule has 0 aromatic heterocycles. The first kappa shape index (κ1) is 9.85. The van der Waals surface area contributed by atoms with Gasteiger partial charge in [0.1, 0.15) is 0 Å². The maximum absolute atomic E-state index is 6.11. The van der Waals surface area contributed by atoms with Crippen LogP contribution in [0.3, 0.4) is 0 Å². The normalized spacial score (nSPS) is 15.6. The van der Waals surface area contributed by atoms with Gasteiger partial charge in [-0.2, -0.15) is 0 Å². The summed E-state index contributed by atoms with van der Waals surface area (Å²) < 4.78 is 0. The molecule has 0 aliphatic rings. The molecule has 1 N–H and O–H groups in total. The highest BCUT2D eigenvalue weighted by atomic mass is 35.5. The molecule has 0 spiro atoms. The Morgan fingerprint density at radius 3 is 2.33 bits per heavy atom. The fourth-order valence-corrected chi connectivity index (χ4v) is 1.38. The largest absolute Gasteiger partial charge is 0.229 e. The van der Waals surface area contributed by atoms with Crippen molar-refractivity contribution in [2.45, 2.75) is 18.3 Å². The minimum absolute atomic E-state index is 0.0655. The van der Waals surface area contributed by atoms with Crippen molar-refractivity contribution in [3.8, 4) is 0 Å². The summed E-state index contributed by atoms with van der Waals surface area (Å²) in [6.07, 6.45) is 0. The number of nitrogens with one attached hydrogen (secondary N) is 1. The smallest absolute Gasteiger partial charge is 0.0748 e. The van der Waals surface area contributed by atoms with Crippen LogP contribution < -0.4 is 4.84 Å². The fourth-order valence-electron chi connectivity index (χ4n) is 0.981. The molecule has 1 aromatic rings. The Morgan fingerprint density at radius 2 is 1.83 bits per heavy atom. The lowest BCUT2D eigenvalue weighted by Crippen LogP contribution is -2.21. The van der Waals surface area contributed by atoms with Gasteiger partial charge >= 0.3 is 0 Å². The summed E-state index contributed by atoms with van der Waals surface area (Å²) >= 11 is 11.6. The number of rotatable bonds is 3. The van der Waals surface area contributed by atoms with Crippen molar-refractivity contribution >= 4 is 23.4 Å². The Kier molecular flexibility index (Phi) is 3.86. The van der Waals surface area contributed by atoms with Crippen molar-refractivity contribution in [1.82, 2.24) is 4.84 Å². The van der Waals surface area contributed by atoms with E-state index in [2.05, 4.69) is 4.84 Å². The summed E-state index contributed by atoms with van der Waals surface area (Å²) in [5.41, 5.74) is 1.08. The van der Waals surface area contributed by atoms with Crippen LogP contribution in [0.4, 0.5) is 0 Å². The van der Waals surface area contributed by atoms with Crippen molar-refractivity contribution in [3.05, 3.63) is 35.9 Å². The first-order valence-corrected chi connectivity index (χ1v) is 4.62. The molecule has 0 saturated heterocycles. The fraction of sp³-hybridized carbons (Fsp3) is 0.333. The predicted octanol–water partition coefficient (Wildman–Crippen LogP) is 3.10. The number of hydrogen-bond acceptors (Lipinski definition) is 1. The Balaban J connectivity index is 2.71. The van der Waals surface area contributed by atoms with Crippen LogP contribution in [0.25, 0.3) is 0 Å². The van der Waals surface area contributed by atoms with Gasteiger partial charge in [-0.05, 0) is 24.3 Å². The van der Waals surface area contributed by atoms with Crippen LogP contribution >= 0.6 is 23.4 Å². The summed E-state index contributed by atoms with van der Waals surface area (Å²) in [7, 11) is 0. The summed E-state index contributed by atoms with van der Waals surface area (Å²) in [6.45, 7) is 1.94. The minimum atomic E-state index is -0.0799. The molecule has 0 fully saturated rings. The zero-order valence-electron chi connectivity index (χ0n) is 6.80. The van der Waals surface area contributed by atoms with Crippen LogP contribution in [-0.4, -0.2) is 6.04 Å². The molecule has 1 nitrogen and oxygen atoms in total. The maximum Gasteiger partial charge on any atom is 0.0748 e. The SMILES string of the molecule is CC(NCl)C(Cl)c1ccccc1. The third kappa shape index (κ3) is 2.37. The van der Waals surface area contributed by atoms with Gasteiger partial charge in [-0.25, -0.2) is 4.84 Å². The van der Waals surface area contributed by atoms with Crippen molar-refractivity contribution in [1.29, 1.82) is 0 Å². The van der Waals surface area contributed by atoms with E-state index < -0.39 is 0 Å². The number of hydrogen-bond donors (Lipinski definition) is 1. The third-order valence-electron chi connectivity index (χ3n) is 1.73. The summed E-state index contributed by atoms with van der Waals surface area (Å²) in [5, 5.41) is -0.0799. The maximum atomic E-state index is 6.11. The van der Waals surface area contributed by atoms with Gasteiger partial charge in [0.25, 0.3) is 0 Å². The van der Waals surface area contributed by atoms with Crippen molar-refractivity contribution in [2.75, 3.05) is 0 Å². The van der Waals surface area contributed by atoms with Gasteiger partial charge in [-0.3, -0.25) is 0 Å². The lowest BCUT2D eigenvalue weighted by Gasteiger charge is -2.15. The topological polar surface area (TPSA) is 12.0 Å². The predicted molar refractivity (Wildman–Crippen MR) is 53.5 cm³/mol. The highest BCUT2D eigenvalue weighted by Gasteiger charge is 2.14. The zero-order chi connectivity index (χ0) is 8.97. The Morgan fingerprint density at radius 1 is 1.25 bits per heavy atom. The number of alkyl halides is 1. The molecule has 2 unspecified atom stereocenters. The quantitative estimate of drug-likeness (QED) is 0.589. The number of halogens is 2. The molecule has 0 radical (unpaired) electrons. The van der Waals surface area contributed by atoms with Crippen LogP contribution in [0, 0.1) is 0 Å². The van der Waals surface area contributed by atoms with E-state index in [-0.39, 0.29) is 11.4 Å². The second kappa shape index (κ2) is 4.70. The molecule has 66 valence electrons. The van der Waals surface area contributed by atoms with Gasteiger partial charge in [0.15, 0.2) is 0 Å². The summed E-state index contributed by atoms with van der Waals surface area (Å²) in [5.74, 6) is 0. The van der Waals surface area contributed by atoms with Gasteiger partial charge in [-0.1, -0.05) is 30.3 Å². The molecule has 1 rings (SSSR count). The second-order valence-corrected chi connectivity index (χ2v) is 3.40. The lowest BCUT2D eigenvalue weighted by atomic mass is 10.1. The highest BCUT2D eigenvalue weighted by molar-refractivity contribution is 6.22. The molecular weight excluding hydrogens is 193 g/mol. The van der Waals surface area contributed by atoms with E-state index in [0.29, 0.717) is 0 Å².